The van der Waals surface area contributed by atoms with Crippen molar-refractivity contribution < 1.29 is 9.53 Å². The summed E-state index contributed by atoms with van der Waals surface area (Å²) in [6.45, 7) is 8.59. The molecule has 1 saturated heterocycles. The third-order valence-corrected chi connectivity index (χ3v) is 2.18. The predicted octanol–water partition coefficient (Wildman–Crippen LogP) is 2.41. The summed E-state index contributed by atoms with van der Waals surface area (Å²) in [7, 11) is 0. The van der Waals surface area contributed by atoms with E-state index in [9.17, 15) is 4.79 Å². The van der Waals surface area contributed by atoms with E-state index < -0.39 is 0 Å². The Morgan fingerprint density at radius 1 is 1.46 bits per heavy atom. The van der Waals surface area contributed by atoms with Crippen molar-refractivity contribution in [3.63, 3.8) is 0 Å². The number of nitrogens with zero attached hydrogens (tertiary/aromatic N) is 1. The molecule has 1 rings (SSSR count). The summed E-state index contributed by atoms with van der Waals surface area (Å²) in [5.41, 5.74) is -0.376. The third-order valence-electron chi connectivity index (χ3n) is 2.18. The predicted molar refractivity (Wildman–Crippen MR) is 51.6 cm³/mol. The smallest absolute Gasteiger partial charge is 0.410 e. The molecule has 1 aliphatic rings. The molecule has 0 saturated carbocycles. The van der Waals surface area contributed by atoms with Crippen LogP contribution in [-0.4, -0.2) is 29.2 Å². The van der Waals surface area contributed by atoms with Crippen LogP contribution in [0, 0.1) is 0 Å². The highest BCUT2D eigenvalue weighted by atomic mass is 16.6. The van der Waals surface area contributed by atoms with Crippen LogP contribution in [0.1, 0.15) is 40.5 Å². The monoisotopic (exact) mass is 185 g/mol. The molecule has 0 aliphatic carbocycles. The van der Waals surface area contributed by atoms with Crippen LogP contribution >= 0.6 is 0 Å². The van der Waals surface area contributed by atoms with Gasteiger partial charge in [0.05, 0.1) is 0 Å². The molecule has 0 radical (unpaired) electrons. The van der Waals surface area contributed by atoms with Gasteiger partial charge in [-0.2, -0.15) is 0 Å². The van der Waals surface area contributed by atoms with Gasteiger partial charge in [0, 0.05) is 12.6 Å². The van der Waals surface area contributed by atoms with Gasteiger partial charge in [-0.1, -0.05) is 0 Å². The normalized spacial score (nSPS) is 23.4. The minimum absolute atomic E-state index is 0.169. The van der Waals surface area contributed by atoms with Crippen LogP contribution in [0.4, 0.5) is 4.79 Å². The first-order chi connectivity index (χ1) is 5.90. The van der Waals surface area contributed by atoms with Gasteiger partial charge in [-0.25, -0.2) is 4.79 Å². The molecule has 1 atom stereocenters. The highest BCUT2D eigenvalue weighted by Gasteiger charge is 2.28. The van der Waals surface area contributed by atoms with Crippen LogP contribution in [0.2, 0.25) is 0 Å². The van der Waals surface area contributed by atoms with E-state index in [1.807, 2.05) is 25.7 Å². The van der Waals surface area contributed by atoms with Gasteiger partial charge < -0.3 is 9.64 Å². The van der Waals surface area contributed by atoms with Crippen molar-refractivity contribution in [1.82, 2.24) is 4.90 Å². The Morgan fingerprint density at radius 3 is 2.46 bits per heavy atom. The summed E-state index contributed by atoms with van der Waals surface area (Å²) in [5.74, 6) is 0. The van der Waals surface area contributed by atoms with Crippen molar-refractivity contribution in [2.45, 2.75) is 52.2 Å². The van der Waals surface area contributed by atoms with Gasteiger partial charge in [-0.3, -0.25) is 0 Å². The van der Waals surface area contributed by atoms with Crippen LogP contribution in [0.25, 0.3) is 0 Å². The second-order valence-corrected chi connectivity index (χ2v) is 4.66. The van der Waals surface area contributed by atoms with E-state index in [4.69, 9.17) is 4.74 Å². The number of hydrogen-bond donors (Lipinski definition) is 0. The molecule has 0 aromatic carbocycles. The Bertz CT molecular complexity index is 196. The van der Waals surface area contributed by atoms with Crippen molar-refractivity contribution in [3.05, 3.63) is 0 Å². The number of amides is 1. The van der Waals surface area contributed by atoms with Gasteiger partial charge in [0.15, 0.2) is 0 Å². The Labute approximate surface area is 80.1 Å². The highest BCUT2D eigenvalue weighted by molar-refractivity contribution is 5.68. The molecule has 1 unspecified atom stereocenters. The Hall–Kier alpha value is -0.730. The zero-order valence-corrected chi connectivity index (χ0v) is 8.96. The number of ether oxygens (including phenoxy) is 1. The van der Waals surface area contributed by atoms with Gasteiger partial charge in [0.25, 0.3) is 0 Å². The first-order valence-electron chi connectivity index (χ1n) is 4.90. The van der Waals surface area contributed by atoms with Crippen LogP contribution in [0.15, 0.2) is 0 Å². The van der Waals surface area contributed by atoms with Crippen LogP contribution in [0.5, 0.6) is 0 Å². The fourth-order valence-corrected chi connectivity index (χ4v) is 1.53. The van der Waals surface area contributed by atoms with Gasteiger partial charge >= 0.3 is 6.09 Å². The largest absolute Gasteiger partial charge is 0.444 e. The maximum Gasteiger partial charge on any atom is 0.410 e. The van der Waals surface area contributed by atoms with Crippen LogP contribution in [0.3, 0.4) is 0 Å². The second-order valence-electron chi connectivity index (χ2n) is 4.66. The SMILES string of the molecule is CC1CCCN1C(=O)OC(C)(C)C. The quantitative estimate of drug-likeness (QED) is 0.580. The maximum atomic E-state index is 11.6. The van der Waals surface area contributed by atoms with Crippen molar-refractivity contribution >= 4 is 6.09 Å². The van der Waals surface area contributed by atoms with Gasteiger partial charge in [-0.15, -0.1) is 0 Å². The molecular weight excluding hydrogens is 166 g/mol. The van der Waals surface area contributed by atoms with E-state index >= 15 is 0 Å². The fourth-order valence-electron chi connectivity index (χ4n) is 1.53. The lowest BCUT2D eigenvalue weighted by molar-refractivity contribution is 0.0239. The summed E-state index contributed by atoms with van der Waals surface area (Å²) >= 11 is 0. The third kappa shape index (κ3) is 2.90. The molecule has 1 amide bonds. The van der Waals surface area contributed by atoms with E-state index in [2.05, 4.69) is 6.92 Å². The Morgan fingerprint density at radius 2 is 2.08 bits per heavy atom. The minimum Gasteiger partial charge on any atom is -0.444 e. The standard InChI is InChI=1S/C10H19NO2/c1-8-6-5-7-11(8)9(12)13-10(2,3)4/h8H,5-7H2,1-4H3. The van der Waals surface area contributed by atoms with Crippen molar-refractivity contribution in [3.8, 4) is 0 Å². The van der Waals surface area contributed by atoms with Crippen molar-refractivity contribution in [2.24, 2.45) is 0 Å². The number of hydrogen-bond acceptors (Lipinski definition) is 2. The summed E-state index contributed by atoms with van der Waals surface area (Å²) < 4.78 is 5.28. The van der Waals surface area contributed by atoms with Gasteiger partial charge in [-0.05, 0) is 40.5 Å². The number of rotatable bonds is 0. The highest BCUT2D eigenvalue weighted by Crippen LogP contribution is 2.19. The molecule has 1 heterocycles. The maximum absolute atomic E-state index is 11.6. The molecule has 1 aliphatic heterocycles. The van der Waals surface area contributed by atoms with E-state index in [0.29, 0.717) is 6.04 Å². The summed E-state index contributed by atoms with van der Waals surface area (Å²) in [6.07, 6.45) is 2.03. The summed E-state index contributed by atoms with van der Waals surface area (Å²) in [4.78, 5) is 13.4. The zero-order chi connectivity index (χ0) is 10.1. The van der Waals surface area contributed by atoms with Crippen LogP contribution in [-0.2, 0) is 4.74 Å². The molecular formula is C10H19NO2. The first kappa shape index (κ1) is 10.4. The van der Waals surface area contributed by atoms with Gasteiger partial charge in [0.1, 0.15) is 5.60 Å². The lowest BCUT2D eigenvalue weighted by Crippen LogP contribution is -2.38. The van der Waals surface area contributed by atoms with Crippen molar-refractivity contribution in [1.29, 1.82) is 0 Å². The molecule has 0 spiro atoms. The molecule has 13 heavy (non-hydrogen) atoms. The second kappa shape index (κ2) is 3.56. The molecule has 76 valence electrons. The zero-order valence-electron chi connectivity index (χ0n) is 8.96. The van der Waals surface area contributed by atoms with E-state index in [1.54, 1.807) is 0 Å². The Balaban J connectivity index is 2.48. The van der Waals surface area contributed by atoms with E-state index in [0.717, 1.165) is 19.4 Å². The minimum atomic E-state index is -0.376. The van der Waals surface area contributed by atoms with Crippen molar-refractivity contribution in [2.75, 3.05) is 6.54 Å². The molecule has 3 heteroatoms. The van der Waals surface area contributed by atoms with E-state index in [1.165, 1.54) is 0 Å². The topological polar surface area (TPSA) is 29.5 Å². The number of carbonyl (C=O) groups excluding carboxylic acids is 1. The molecule has 3 nitrogen and oxygen atoms in total. The summed E-state index contributed by atoms with van der Waals surface area (Å²) in [5, 5.41) is 0. The first-order valence-corrected chi connectivity index (χ1v) is 4.90. The number of likely N-dealkylation sites (tertiary alicyclic amines) is 1. The number of carbonyl (C=O) groups is 1. The average molecular weight is 185 g/mol. The lowest BCUT2D eigenvalue weighted by atomic mass is 10.2. The van der Waals surface area contributed by atoms with E-state index in [-0.39, 0.29) is 11.7 Å². The Kier molecular flexibility index (Phi) is 2.84. The lowest BCUT2D eigenvalue weighted by Gasteiger charge is -2.26. The molecule has 0 N–H and O–H groups in total. The average Bonchev–Trinajstić information content (AvgIpc) is 2.30. The van der Waals surface area contributed by atoms with Crippen LogP contribution < -0.4 is 0 Å². The molecule has 0 aromatic heterocycles. The fraction of sp³-hybridized carbons (Fsp3) is 0.900. The molecule has 0 bridgehead atoms. The molecule has 1 fully saturated rings. The summed E-state index contributed by atoms with van der Waals surface area (Å²) in [6, 6.07) is 0.342. The molecule has 0 aromatic rings. The van der Waals surface area contributed by atoms with Gasteiger partial charge in [0.2, 0.25) is 0 Å².